The van der Waals surface area contributed by atoms with Crippen LogP contribution in [0.4, 0.5) is 18.9 Å². The third kappa shape index (κ3) is 3.61. The minimum Gasteiger partial charge on any atom is -0.406 e. The summed E-state index contributed by atoms with van der Waals surface area (Å²) in [5.74, 6) is -0.256. The molecule has 0 aliphatic rings. The molecule has 0 fully saturated rings. The van der Waals surface area contributed by atoms with Gasteiger partial charge >= 0.3 is 6.36 Å². The first-order valence-electron chi connectivity index (χ1n) is 4.27. The summed E-state index contributed by atoms with van der Waals surface area (Å²) in [6.07, 6.45) is -3.15. The van der Waals surface area contributed by atoms with Crippen molar-refractivity contribution in [3.8, 4) is 5.75 Å². The maximum atomic E-state index is 11.9. The topological polar surface area (TPSA) is 21.6 Å². The molecule has 1 aromatic carbocycles. The van der Waals surface area contributed by atoms with Gasteiger partial charge in [-0.25, -0.2) is 0 Å². The molecule has 15 heavy (non-hydrogen) atoms. The third-order valence-corrected chi connectivity index (χ3v) is 1.68. The van der Waals surface area contributed by atoms with Crippen molar-refractivity contribution in [3.63, 3.8) is 0 Å². The number of hydrogen-bond acceptors (Lipinski definition) is 2. The largest absolute Gasteiger partial charge is 0.573 e. The quantitative estimate of drug-likeness (QED) is 0.693. The van der Waals surface area contributed by atoms with Gasteiger partial charge in [0, 0.05) is 12.3 Å². The van der Waals surface area contributed by atoms with Crippen molar-refractivity contribution in [1.82, 2.24) is 0 Å². The standard InChI is InChI=1S/C10H10F3NO/c1-3-14-9-6-8(5-4-7(9)2)15-10(11,12)13/h3-6H,1-2H3/b14-3-. The predicted octanol–water partition coefficient (Wildman–Crippen LogP) is 3.62. The number of alkyl halides is 3. The van der Waals surface area contributed by atoms with Crippen LogP contribution in [-0.4, -0.2) is 12.6 Å². The van der Waals surface area contributed by atoms with E-state index in [1.165, 1.54) is 24.4 Å². The number of ether oxygens (including phenoxy) is 1. The van der Waals surface area contributed by atoms with Crippen LogP contribution in [0.5, 0.6) is 5.75 Å². The number of aliphatic imine (C=N–C) groups is 1. The van der Waals surface area contributed by atoms with Gasteiger partial charge in [0.05, 0.1) is 5.69 Å². The first-order chi connectivity index (χ1) is 6.92. The first kappa shape index (κ1) is 11.6. The van der Waals surface area contributed by atoms with Crippen LogP contribution >= 0.6 is 0 Å². The van der Waals surface area contributed by atoms with Crippen molar-refractivity contribution in [2.24, 2.45) is 4.99 Å². The smallest absolute Gasteiger partial charge is 0.406 e. The van der Waals surface area contributed by atoms with Gasteiger partial charge in [0.2, 0.25) is 0 Å². The van der Waals surface area contributed by atoms with Crippen molar-refractivity contribution in [1.29, 1.82) is 0 Å². The Balaban J connectivity index is 2.97. The molecule has 0 atom stereocenters. The van der Waals surface area contributed by atoms with E-state index in [1.807, 2.05) is 0 Å². The average Bonchev–Trinajstić information content (AvgIpc) is 2.09. The summed E-state index contributed by atoms with van der Waals surface area (Å²) >= 11 is 0. The minimum atomic E-state index is -4.66. The molecule has 0 N–H and O–H groups in total. The normalized spacial score (nSPS) is 12.1. The number of halogens is 3. The molecular weight excluding hydrogens is 207 g/mol. The zero-order chi connectivity index (χ0) is 11.5. The number of nitrogens with zero attached hydrogens (tertiary/aromatic N) is 1. The first-order valence-corrected chi connectivity index (χ1v) is 4.27. The summed E-state index contributed by atoms with van der Waals surface area (Å²) in [6.45, 7) is 3.45. The fourth-order valence-electron chi connectivity index (χ4n) is 1.06. The van der Waals surface area contributed by atoms with Crippen LogP contribution < -0.4 is 4.74 Å². The van der Waals surface area contributed by atoms with Gasteiger partial charge in [0.25, 0.3) is 0 Å². The lowest BCUT2D eigenvalue weighted by Gasteiger charge is -2.09. The zero-order valence-corrected chi connectivity index (χ0v) is 8.30. The molecule has 5 heteroatoms. The second kappa shape index (κ2) is 4.33. The maximum absolute atomic E-state index is 11.9. The molecule has 0 aliphatic heterocycles. The Kier molecular flexibility index (Phi) is 3.34. The molecule has 2 nitrogen and oxygen atoms in total. The fraction of sp³-hybridized carbons (Fsp3) is 0.300. The van der Waals surface area contributed by atoms with E-state index in [-0.39, 0.29) is 5.75 Å². The van der Waals surface area contributed by atoms with Crippen LogP contribution in [0.1, 0.15) is 12.5 Å². The van der Waals surface area contributed by atoms with Crippen LogP contribution in [0.25, 0.3) is 0 Å². The Morgan fingerprint density at radius 3 is 2.53 bits per heavy atom. The molecule has 0 saturated carbocycles. The van der Waals surface area contributed by atoms with Crippen LogP contribution in [0, 0.1) is 6.92 Å². The number of aryl methyl sites for hydroxylation is 1. The fourth-order valence-corrected chi connectivity index (χ4v) is 1.06. The van der Waals surface area contributed by atoms with Gasteiger partial charge in [0.15, 0.2) is 0 Å². The molecule has 0 spiro atoms. The Morgan fingerprint density at radius 2 is 2.00 bits per heavy atom. The molecule has 0 radical (unpaired) electrons. The Labute approximate surface area is 85.4 Å². The van der Waals surface area contributed by atoms with Crippen LogP contribution in [0.15, 0.2) is 23.2 Å². The molecule has 0 aromatic heterocycles. The summed E-state index contributed by atoms with van der Waals surface area (Å²) in [5, 5.41) is 0. The van der Waals surface area contributed by atoms with E-state index in [2.05, 4.69) is 9.73 Å². The van der Waals surface area contributed by atoms with E-state index in [0.717, 1.165) is 5.56 Å². The van der Waals surface area contributed by atoms with E-state index in [0.29, 0.717) is 5.69 Å². The molecule has 0 bridgehead atoms. The molecule has 0 saturated heterocycles. The maximum Gasteiger partial charge on any atom is 0.573 e. The van der Waals surface area contributed by atoms with E-state index in [9.17, 15) is 13.2 Å². The predicted molar refractivity (Wildman–Crippen MR) is 51.7 cm³/mol. The minimum absolute atomic E-state index is 0.256. The Bertz CT molecular complexity index is 371. The Morgan fingerprint density at radius 1 is 1.33 bits per heavy atom. The Hall–Kier alpha value is -1.52. The van der Waals surface area contributed by atoms with Gasteiger partial charge in [-0.1, -0.05) is 6.07 Å². The lowest BCUT2D eigenvalue weighted by molar-refractivity contribution is -0.274. The van der Waals surface area contributed by atoms with Crippen LogP contribution in [0.3, 0.4) is 0 Å². The summed E-state index contributed by atoms with van der Waals surface area (Å²) < 4.78 is 39.5. The van der Waals surface area contributed by atoms with Crippen molar-refractivity contribution in [2.75, 3.05) is 0 Å². The van der Waals surface area contributed by atoms with Crippen molar-refractivity contribution in [3.05, 3.63) is 23.8 Å². The summed E-state index contributed by atoms with van der Waals surface area (Å²) in [4.78, 5) is 3.92. The second-order valence-electron chi connectivity index (χ2n) is 2.88. The van der Waals surface area contributed by atoms with Crippen molar-refractivity contribution >= 4 is 11.9 Å². The molecule has 1 rings (SSSR count). The molecule has 82 valence electrons. The molecule has 0 heterocycles. The molecule has 0 aliphatic carbocycles. The van der Waals surface area contributed by atoms with Crippen molar-refractivity contribution in [2.45, 2.75) is 20.2 Å². The molecule has 0 amide bonds. The summed E-state index contributed by atoms with van der Waals surface area (Å²) in [6, 6.07) is 4.05. The highest BCUT2D eigenvalue weighted by atomic mass is 19.4. The van der Waals surface area contributed by atoms with Crippen LogP contribution in [-0.2, 0) is 0 Å². The molecule has 1 aromatic rings. The summed E-state index contributed by atoms with van der Waals surface area (Å²) in [5.41, 5.74) is 1.27. The average molecular weight is 217 g/mol. The van der Waals surface area contributed by atoms with E-state index < -0.39 is 6.36 Å². The highest BCUT2D eigenvalue weighted by Crippen LogP contribution is 2.28. The van der Waals surface area contributed by atoms with E-state index in [4.69, 9.17) is 0 Å². The molecule has 0 unspecified atom stereocenters. The van der Waals surface area contributed by atoms with Gasteiger partial charge in [-0.05, 0) is 25.5 Å². The van der Waals surface area contributed by atoms with E-state index >= 15 is 0 Å². The number of rotatable bonds is 2. The van der Waals surface area contributed by atoms with Gasteiger partial charge < -0.3 is 4.74 Å². The second-order valence-corrected chi connectivity index (χ2v) is 2.88. The third-order valence-electron chi connectivity index (χ3n) is 1.68. The summed E-state index contributed by atoms with van der Waals surface area (Å²) in [7, 11) is 0. The highest BCUT2D eigenvalue weighted by Gasteiger charge is 2.31. The van der Waals surface area contributed by atoms with Crippen LogP contribution in [0.2, 0.25) is 0 Å². The number of benzene rings is 1. The lowest BCUT2D eigenvalue weighted by Crippen LogP contribution is -2.17. The van der Waals surface area contributed by atoms with Gasteiger partial charge in [-0.2, -0.15) is 0 Å². The van der Waals surface area contributed by atoms with Gasteiger partial charge in [0.1, 0.15) is 5.75 Å². The van der Waals surface area contributed by atoms with Gasteiger partial charge in [-0.15, -0.1) is 13.2 Å². The van der Waals surface area contributed by atoms with Crippen molar-refractivity contribution < 1.29 is 17.9 Å². The van der Waals surface area contributed by atoms with E-state index in [1.54, 1.807) is 13.8 Å². The highest BCUT2D eigenvalue weighted by molar-refractivity contribution is 5.63. The SMILES string of the molecule is C/C=N\c1cc(OC(F)(F)F)ccc1C. The van der Waals surface area contributed by atoms with Gasteiger partial charge in [-0.3, -0.25) is 4.99 Å². The molecular formula is C10H10F3NO. The number of hydrogen-bond donors (Lipinski definition) is 0. The zero-order valence-electron chi connectivity index (χ0n) is 8.30. The monoisotopic (exact) mass is 217 g/mol. The lowest BCUT2D eigenvalue weighted by atomic mass is 10.2.